The van der Waals surface area contributed by atoms with Gasteiger partial charge in [0.05, 0.1) is 11.5 Å². The minimum absolute atomic E-state index is 0.0226. The van der Waals surface area contributed by atoms with Gasteiger partial charge in [0.1, 0.15) is 11.5 Å². The van der Waals surface area contributed by atoms with Gasteiger partial charge in [-0.15, -0.1) is 0 Å². The fourth-order valence-corrected chi connectivity index (χ4v) is 2.57. The Morgan fingerprint density at radius 1 is 1.12 bits per heavy atom. The molecule has 2 aromatic carbocycles. The molecule has 1 fully saturated rings. The zero-order chi connectivity index (χ0) is 17.2. The first kappa shape index (κ1) is 15.4. The summed E-state index contributed by atoms with van der Waals surface area (Å²) in [6.45, 7) is 0. The zero-order valence-corrected chi connectivity index (χ0v) is 13.5. The van der Waals surface area contributed by atoms with Gasteiger partial charge in [-0.1, -0.05) is 42.5 Å². The van der Waals surface area contributed by atoms with Crippen molar-refractivity contribution in [1.29, 1.82) is 0 Å². The Labute approximate surface area is 145 Å². The second kappa shape index (κ2) is 6.40. The van der Waals surface area contributed by atoms with E-state index in [4.69, 9.17) is 9.47 Å². The third kappa shape index (κ3) is 3.38. The topological polar surface area (TPSA) is 52.6 Å². The van der Waals surface area contributed by atoms with E-state index in [1.807, 2.05) is 36.4 Å². The predicted molar refractivity (Wildman–Crippen MR) is 93.3 cm³/mol. The van der Waals surface area contributed by atoms with Crippen LogP contribution < -0.4 is 9.47 Å². The highest BCUT2D eigenvalue weighted by Gasteiger charge is 2.32. The molecule has 0 atom stereocenters. The van der Waals surface area contributed by atoms with E-state index in [2.05, 4.69) is 0 Å². The van der Waals surface area contributed by atoms with E-state index in [9.17, 15) is 9.59 Å². The number of esters is 1. The SMILES string of the molecule is O=C1/C(=C/C=C\c2ccccc2)Oc2cc(OC(=O)C3CC3)ccc21. The number of Topliss-reactive ketones (excluding diaryl/α,β-unsaturated/α-hetero) is 1. The molecule has 0 N–H and O–H groups in total. The number of rotatable bonds is 4. The van der Waals surface area contributed by atoms with Gasteiger partial charge >= 0.3 is 5.97 Å². The summed E-state index contributed by atoms with van der Waals surface area (Å²) in [7, 11) is 0. The van der Waals surface area contributed by atoms with Crippen molar-refractivity contribution in [3.8, 4) is 11.5 Å². The smallest absolute Gasteiger partial charge is 0.314 e. The standard InChI is InChI=1S/C21H16O4/c22-20-17-12-11-16(24-21(23)15-9-10-15)13-19(17)25-18(20)8-4-7-14-5-2-1-3-6-14/h1-8,11-13,15H,9-10H2/b7-4-,18-8-. The van der Waals surface area contributed by atoms with Crippen molar-refractivity contribution in [2.75, 3.05) is 0 Å². The molecular weight excluding hydrogens is 316 g/mol. The van der Waals surface area contributed by atoms with Crippen LogP contribution in [0.1, 0.15) is 28.8 Å². The maximum Gasteiger partial charge on any atom is 0.314 e. The van der Waals surface area contributed by atoms with E-state index < -0.39 is 0 Å². The van der Waals surface area contributed by atoms with Gasteiger partial charge in [0.2, 0.25) is 5.78 Å². The van der Waals surface area contributed by atoms with Crippen LogP contribution in [0.25, 0.3) is 6.08 Å². The molecule has 0 saturated heterocycles. The molecule has 4 heteroatoms. The van der Waals surface area contributed by atoms with Gasteiger partial charge in [-0.3, -0.25) is 9.59 Å². The fraction of sp³-hybridized carbons (Fsp3) is 0.143. The first-order valence-electron chi connectivity index (χ1n) is 8.22. The number of hydrogen-bond acceptors (Lipinski definition) is 4. The minimum Gasteiger partial charge on any atom is -0.452 e. The number of benzene rings is 2. The first-order valence-corrected chi connectivity index (χ1v) is 8.22. The van der Waals surface area contributed by atoms with Crippen LogP contribution in [0.15, 0.2) is 66.4 Å². The molecule has 0 aromatic heterocycles. The normalized spacial score (nSPS) is 17.6. The Kier molecular flexibility index (Phi) is 3.94. The molecule has 4 rings (SSSR count). The van der Waals surface area contributed by atoms with Crippen molar-refractivity contribution < 1.29 is 19.1 Å². The van der Waals surface area contributed by atoms with Crippen molar-refractivity contribution in [3.63, 3.8) is 0 Å². The van der Waals surface area contributed by atoms with E-state index in [1.165, 1.54) is 0 Å². The van der Waals surface area contributed by atoms with Crippen molar-refractivity contribution in [3.05, 3.63) is 77.6 Å². The van der Waals surface area contributed by atoms with Crippen LogP contribution in [0, 0.1) is 5.92 Å². The second-order valence-electron chi connectivity index (χ2n) is 6.09. The molecule has 0 amide bonds. The van der Waals surface area contributed by atoms with E-state index in [0.29, 0.717) is 17.1 Å². The van der Waals surface area contributed by atoms with Gasteiger partial charge in [-0.25, -0.2) is 0 Å². The van der Waals surface area contributed by atoms with E-state index in [1.54, 1.807) is 30.4 Å². The number of carbonyl (C=O) groups excluding carboxylic acids is 2. The molecule has 2 aliphatic rings. The largest absolute Gasteiger partial charge is 0.452 e. The van der Waals surface area contributed by atoms with Crippen molar-refractivity contribution in [2.45, 2.75) is 12.8 Å². The van der Waals surface area contributed by atoms with Crippen LogP contribution in [-0.4, -0.2) is 11.8 Å². The van der Waals surface area contributed by atoms with Crippen LogP contribution in [0.5, 0.6) is 11.5 Å². The number of ketones is 1. The van der Waals surface area contributed by atoms with Crippen LogP contribution in [-0.2, 0) is 4.79 Å². The Morgan fingerprint density at radius 3 is 2.68 bits per heavy atom. The molecule has 0 spiro atoms. The molecule has 0 radical (unpaired) electrons. The van der Waals surface area contributed by atoms with E-state index in [-0.39, 0.29) is 23.4 Å². The first-order chi connectivity index (χ1) is 12.2. The molecule has 1 aliphatic carbocycles. The highest BCUT2D eigenvalue weighted by atomic mass is 16.5. The lowest BCUT2D eigenvalue weighted by molar-refractivity contribution is -0.135. The molecule has 0 unspecified atom stereocenters. The van der Waals surface area contributed by atoms with Gasteiger partial charge in [-0.2, -0.15) is 0 Å². The summed E-state index contributed by atoms with van der Waals surface area (Å²) in [6, 6.07) is 14.6. The van der Waals surface area contributed by atoms with Gasteiger partial charge in [0, 0.05) is 6.07 Å². The Hall–Kier alpha value is -3.14. The number of ether oxygens (including phenoxy) is 2. The highest BCUT2D eigenvalue weighted by Crippen LogP contribution is 2.36. The number of fused-ring (bicyclic) bond motifs is 1. The molecule has 1 heterocycles. The maximum atomic E-state index is 12.4. The summed E-state index contributed by atoms with van der Waals surface area (Å²) >= 11 is 0. The Morgan fingerprint density at radius 2 is 1.92 bits per heavy atom. The third-order valence-electron chi connectivity index (χ3n) is 4.11. The van der Waals surface area contributed by atoms with Crippen LogP contribution in [0.3, 0.4) is 0 Å². The lowest BCUT2D eigenvalue weighted by atomic mass is 10.1. The number of allylic oxidation sites excluding steroid dienone is 3. The summed E-state index contributed by atoms with van der Waals surface area (Å²) in [5.41, 5.74) is 1.52. The molecule has 25 heavy (non-hydrogen) atoms. The van der Waals surface area contributed by atoms with Crippen molar-refractivity contribution >= 4 is 17.8 Å². The average molecular weight is 332 g/mol. The van der Waals surface area contributed by atoms with Gasteiger partial charge in [0.25, 0.3) is 0 Å². The minimum atomic E-state index is -0.217. The van der Waals surface area contributed by atoms with Gasteiger partial charge < -0.3 is 9.47 Å². The van der Waals surface area contributed by atoms with E-state index >= 15 is 0 Å². The lowest BCUT2D eigenvalue weighted by Crippen LogP contribution is -2.09. The van der Waals surface area contributed by atoms with Crippen LogP contribution in [0.4, 0.5) is 0 Å². The molecule has 0 bridgehead atoms. The number of hydrogen-bond donors (Lipinski definition) is 0. The predicted octanol–water partition coefficient (Wildman–Crippen LogP) is 4.17. The van der Waals surface area contributed by atoms with Gasteiger partial charge in [-0.05, 0) is 36.6 Å². The monoisotopic (exact) mass is 332 g/mol. The Bertz CT molecular complexity index is 889. The quantitative estimate of drug-likeness (QED) is 0.479. The summed E-state index contributed by atoms with van der Waals surface area (Å²) in [5.74, 6) is 0.718. The van der Waals surface area contributed by atoms with Crippen molar-refractivity contribution in [2.24, 2.45) is 5.92 Å². The van der Waals surface area contributed by atoms with E-state index in [0.717, 1.165) is 18.4 Å². The van der Waals surface area contributed by atoms with Crippen LogP contribution >= 0.6 is 0 Å². The molecular formula is C21H16O4. The third-order valence-corrected chi connectivity index (χ3v) is 4.11. The summed E-state index contributed by atoms with van der Waals surface area (Å²) < 4.78 is 10.9. The summed E-state index contributed by atoms with van der Waals surface area (Å²) in [6.07, 6.45) is 7.10. The Balaban J connectivity index is 1.49. The number of carbonyl (C=O) groups is 2. The van der Waals surface area contributed by atoms with Crippen molar-refractivity contribution in [1.82, 2.24) is 0 Å². The molecule has 2 aromatic rings. The molecule has 124 valence electrons. The maximum absolute atomic E-state index is 12.4. The zero-order valence-electron chi connectivity index (χ0n) is 13.5. The second-order valence-corrected chi connectivity index (χ2v) is 6.09. The molecule has 4 nitrogen and oxygen atoms in total. The van der Waals surface area contributed by atoms with Crippen LogP contribution in [0.2, 0.25) is 0 Å². The highest BCUT2D eigenvalue weighted by molar-refractivity contribution is 6.12. The molecule has 1 saturated carbocycles. The summed E-state index contributed by atoms with van der Waals surface area (Å²) in [4.78, 5) is 24.1. The average Bonchev–Trinajstić information content (AvgIpc) is 3.42. The summed E-state index contributed by atoms with van der Waals surface area (Å²) in [5, 5.41) is 0. The fourth-order valence-electron chi connectivity index (χ4n) is 2.57. The van der Waals surface area contributed by atoms with Gasteiger partial charge in [0.15, 0.2) is 5.76 Å². The lowest BCUT2D eigenvalue weighted by Gasteiger charge is -2.04. The molecule has 1 aliphatic heterocycles.